The minimum Gasteiger partial charge on any atom is -0.496 e. The van der Waals surface area contributed by atoms with Crippen LogP contribution in [-0.2, 0) is 13.0 Å². The van der Waals surface area contributed by atoms with Crippen molar-refractivity contribution in [1.82, 2.24) is 5.32 Å². The third kappa shape index (κ3) is 3.86. The van der Waals surface area contributed by atoms with Crippen LogP contribution in [0, 0.1) is 6.92 Å². The van der Waals surface area contributed by atoms with E-state index >= 15 is 0 Å². The second kappa shape index (κ2) is 6.95. The van der Waals surface area contributed by atoms with Crippen LogP contribution >= 0.6 is 0 Å². The van der Waals surface area contributed by atoms with Crippen molar-refractivity contribution >= 4 is 5.91 Å². The SMILES string of the molecule is COc1cc(CCNC(=O)c2coc(CN)c2)ccc1C. The molecular formula is C16H20N2O3. The van der Waals surface area contributed by atoms with Gasteiger partial charge in [0.25, 0.3) is 5.91 Å². The molecule has 0 fully saturated rings. The van der Waals surface area contributed by atoms with Gasteiger partial charge in [-0.15, -0.1) is 0 Å². The minimum absolute atomic E-state index is 0.155. The first-order chi connectivity index (χ1) is 10.1. The van der Waals surface area contributed by atoms with Crippen LogP contribution in [0.25, 0.3) is 0 Å². The van der Waals surface area contributed by atoms with Crippen molar-refractivity contribution in [1.29, 1.82) is 0 Å². The van der Waals surface area contributed by atoms with Crippen LogP contribution in [0.2, 0.25) is 0 Å². The molecule has 21 heavy (non-hydrogen) atoms. The molecule has 2 aromatic rings. The molecule has 0 aliphatic carbocycles. The number of ether oxygens (including phenoxy) is 1. The molecule has 0 saturated carbocycles. The number of amides is 1. The number of nitrogens with two attached hydrogens (primary N) is 1. The molecule has 3 N–H and O–H groups in total. The van der Waals surface area contributed by atoms with Gasteiger partial charge < -0.3 is 20.2 Å². The average molecular weight is 288 g/mol. The number of benzene rings is 1. The Kier molecular flexibility index (Phi) is 5.00. The summed E-state index contributed by atoms with van der Waals surface area (Å²) >= 11 is 0. The fraction of sp³-hybridized carbons (Fsp3) is 0.312. The highest BCUT2D eigenvalue weighted by molar-refractivity contribution is 5.93. The van der Waals surface area contributed by atoms with Crippen LogP contribution in [0.15, 0.2) is 34.9 Å². The van der Waals surface area contributed by atoms with E-state index in [1.165, 1.54) is 6.26 Å². The number of carbonyl (C=O) groups excluding carboxylic acids is 1. The maximum Gasteiger partial charge on any atom is 0.254 e. The fourth-order valence-electron chi connectivity index (χ4n) is 2.05. The summed E-state index contributed by atoms with van der Waals surface area (Å²) in [7, 11) is 1.65. The molecule has 2 rings (SSSR count). The summed E-state index contributed by atoms with van der Waals surface area (Å²) in [4.78, 5) is 11.9. The number of rotatable bonds is 6. The maximum absolute atomic E-state index is 11.9. The van der Waals surface area contributed by atoms with E-state index in [1.807, 2.05) is 25.1 Å². The quantitative estimate of drug-likeness (QED) is 0.852. The Morgan fingerprint density at radius 2 is 2.19 bits per heavy atom. The molecule has 5 heteroatoms. The van der Waals surface area contributed by atoms with Crippen LogP contribution in [0.1, 0.15) is 27.2 Å². The Hall–Kier alpha value is -2.27. The molecule has 0 spiro atoms. The second-order valence-electron chi connectivity index (χ2n) is 4.82. The number of hydrogen-bond donors (Lipinski definition) is 2. The summed E-state index contributed by atoms with van der Waals surface area (Å²) in [6.07, 6.45) is 2.16. The highest BCUT2D eigenvalue weighted by Crippen LogP contribution is 2.19. The number of nitrogens with one attached hydrogen (secondary N) is 1. The third-order valence-corrected chi connectivity index (χ3v) is 3.29. The zero-order valence-electron chi connectivity index (χ0n) is 12.3. The van der Waals surface area contributed by atoms with Gasteiger partial charge in [0.15, 0.2) is 0 Å². The molecular weight excluding hydrogens is 268 g/mol. The summed E-state index contributed by atoms with van der Waals surface area (Å²) in [6, 6.07) is 7.70. The molecule has 0 bridgehead atoms. The van der Waals surface area contributed by atoms with Crippen molar-refractivity contribution in [2.75, 3.05) is 13.7 Å². The lowest BCUT2D eigenvalue weighted by atomic mass is 10.1. The van der Waals surface area contributed by atoms with Gasteiger partial charge in [0.1, 0.15) is 17.8 Å². The molecule has 0 unspecified atom stereocenters. The van der Waals surface area contributed by atoms with Crippen LogP contribution in [0.3, 0.4) is 0 Å². The summed E-state index contributed by atoms with van der Waals surface area (Å²) in [5, 5.41) is 2.86. The van der Waals surface area contributed by atoms with E-state index < -0.39 is 0 Å². The van der Waals surface area contributed by atoms with E-state index in [0.29, 0.717) is 17.9 Å². The van der Waals surface area contributed by atoms with Gasteiger partial charge in [0.2, 0.25) is 0 Å². The zero-order valence-corrected chi connectivity index (χ0v) is 12.3. The van der Waals surface area contributed by atoms with Gasteiger partial charge in [0.05, 0.1) is 19.2 Å². The highest BCUT2D eigenvalue weighted by atomic mass is 16.5. The van der Waals surface area contributed by atoms with Gasteiger partial charge in [-0.05, 0) is 36.6 Å². The first-order valence-electron chi connectivity index (χ1n) is 6.83. The first-order valence-corrected chi connectivity index (χ1v) is 6.83. The predicted molar refractivity (Wildman–Crippen MR) is 80.4 cm³/mol. The molecule has 1 aromatic carbocycles. The van der Waals surface area contributed by atoms with Crippen molar-refractivity contribution in [2.24, 2.45) is 5.73 Å². The normalized spacial score (nSPS) is 10.4. The molecule has 112 valence electrons. The van der Waals surface area contributed by atoms with Gasteiger partial charge in [-0.2, -0.15) is 0 Å². The van der Waals surface area contributed by atoms with Crippen LogP contribution < -0.4 is 15.8 Å². The van der Waals surface area contributed by atoms with Crippen molar-refractivity contribution in [2.45, 2.75) is 19.9 Å². The van der Waals surface area contributed by atoms with Crippen LogP contribution in [0.5, 0.6) is 5.75 Å². The molecule has 0 atom stereocenters. The number of hydrogen-bond acceptors (Lipinski definition) is 4. The Balaban J connectivity index is 1.87. The van der Waals surface area contributed by atoms with Crippen LogP contribution in [0.4, 0.5) is 0 Å². The molecule has 1 amide bonds. The summed E-state index contributed by atoms with van der Waals surface area (Å²) < 4.78 is 10.4. The smallest absolute Gasteiger partial charge is 0.254 e. The zero-order chi connectivity index (χ0) is 15.2. The van der Waals surface area contributed by atoms with Crippen molar-refractivity contribution in [3.63, 3.8) is 0 Å². The third-order valence-electron chi connectivity index (χ3n) is 3.29. The molecule has 0 aliphatic rings. The summed E-state index contributed by atoms with van der Waals surface area (Å²) in [5.74, 6) is 1.31. The Labute approximate surface area is 124 Å². The highest BCUT2D eigenvalue weighted by Gasteiger charge is 2.09. The Bertz CT molecular complexity index is 620. The Morgan fingerprint density at radius 3 is 2.86 bits per heavy atom. The van der Waals surface area contributed by atoms with Gasteiger partial charge in [-0.25, -0.2) is 0 Å². The number of aryl methyl sites for hydroxylation is 1. The van der Waals surface area contributed by atoms with Crippen molar-refractivity contribution in [3.8, 4) is 5.75 Å². The van der Waals surface area contributed by atoms with E-state index in [1.54, 1.807) is 13.2 Å². The van der Waals surface area contributed by atoms with E-state index in [4.69, 9.17) is 14.9 Å². The molecule has 1 aromatic heterocycles. The first kappa shape index (κ1) is 15.1. The predicted octanol–water partition coefficient (Wildman–Crippen LogP) is 2.03. The minimum atomic E-state index is -0.155. The topological polar surface area (TPSA) is 77.5 Å². The van der Waals surface area contributed by atoms with E-state index in [0.717, 1.165) is 23.3 Å². The molecule has 5 nitrogen and oxygen atoms in total. The molecule has 1 heterocycles. The lowest BCUT2D eigenvalue weighted by Crippen LogP contribution is -2.25. The molecule has 0 aliphatic heterocycles. The number of methoxy groups -OCH3 is 1. The van der Waals surface area contributed by atoms with E-state index in [2.05, 4.69) is 5.32 Å². The number of furan rings is 1. The van der Waals surface area contributed by atoms with Crippen molar-refractivity contribution < 1.29 is 13.9 Å². The molecule has 0 radical (unpaired) electrons. The lowest BCUT2D eigenvalue weighted by molar-refractivity contribution is 0.0953. The monoisotopic (exact) mass is 288 g/mol. The van der Waals surface area contributed by atoms with E-state index in [9.17, 15) is 4.79 Å². The second-order valence-corrected chi connectivity index (χ2v) is 4.82. The van der Waals surface area contributed by atoms with E-state index in [-0.39, 0.29) is 12.5 Å². The van der Waals surface area contributed by atoms with Gasteiger partial charge in [-0.1, -0.05) is 12.1 Å². The van der Waals surface area contributed by atoms with Gasteiger partial charge in [-0.3, -0.25) is 4.79 Å². The average Bonchev–Trinajstić information content (AvgIpc) is 2.98. The largest absolute Gasteiger partial charge is 0.496 e. The fourth-order valence-corrected chi connectivity index (χ4v) is 2.05. The molecule has 0 saturated heterocycles. The van der Waals surface area contributed by atoms with Gasteiger partial charge in [0, 0.05) is 6.54 Å². The van der Waals surface area contributed by atoms with Crippen molar-refractivity contribution in [3.05, 3.63) is 53.0 Å². The summed E-state index contributed by atoms with van der Waals surface area (Å²) in [6.45, 7) is 2.84. The standard InChI is InChI=1S/C16H20N2O3/c1-11-3-4-12(7-15(11)20-2)5-6-18-16(19)13-8-14(9-17)21-10-13/h3-4,7-8,10H,5-6,9,17H2,1-2H3,(H,18,19). The number of carbonyl (C=O) groups is 1. The summed E-state index contributed by atoms with van der Waals surface area (Å²) in [5.41, 5.74) is 8.15. The van der Waals surface area contributed by atoms with Crippen LogP contribution in [-0.4, -0.2) is 19.6 Å². The van der Waals surface area contributed by atoms with Gasteiger partial charge >= 0.3 is 0 Å². The maximum atomic E-state index is 11.9. The Morgan fingerprint density at radius 1 is 1.38 bits per heavy atom. The lowest BCUT2D eigenvalue weighted by Gasteiger charge is -2.08.